The molecule has 15 aromatic rings. The molecule has 378 valence electrons. The number of benzene rings is 4. The molecule has 11 aromatic heterocycles. The summed E-state index contributed by atoms with van der Waals surface area (Å²) in [4.78, 5) is 51.4. The topological polar surface area (TPSA) is 109 Å². The van der Waals surface area contributed by atoms with E-state index in [0.717, 1.165) is 127 Å². The van der Waals surface area contributed by atoms with E-state index in [9.17, 15) is 0 Å². The van der Waals surface area contributed by atoms with Crippen molar-refractivity contribution < 1.29 is 0 Å². The van der Waals surface area contributed by atoms with Crippen molar-refractivity contribution in [2.45, 2.75) is 0 Å². The maximum Gasteiger partial charge on any atom is 0.165 e. The van der Waals surface area contributed by atoms with Crippen LogP contribution in [0.25, 0.3) is 173 Å². The fourth-order valence-electron chi connectivity index (χ4n) is 11.4. The van der Waals surface area contributed by atoms with Crippen LogP contribution >= 0.6 is 90.7 Å². The number of nitrogens with one attached hydrogen (secondary N) is 2. The molecular weight excluding hydrogens is 1140 g/mol. The second-order valence-corrected chi connectivity index (χ2v) is 26.7. The summed E-state index contributed by atoms with van der Waals surface area (Å²) in [6, 6.07) is 52.3. The van der Waals surface area contributed by atoms with E-state index in [4.69, 9.17) is 29.9 Å². The van der Waals surface area contributed by atoms with Gasteiger partial charge in [0, 0.05) is 127 Å². The van der Waals surface area contributed by atoms with Gasteiger partial charge in [0.25, 0.3) is 0 Å². The molecule has 0 saturated heterocycles. The zero-order chi connectivity index (χ0) is 52.4. The Morgan fingerprint density at radius 3 is 0.588 bits per heavy atom. The molecule has 0 radical (unpaired) electrons. The molecule has 0 saturated carbocycles. The first-order chi connectivity index (χ1) is 39.7. The summed E-state index contributed by atoms with van der Waals surface area (Å²) in [6.45, 7) is 0. The van der Waals surface area contributed by atoms with Crippen molar-refractivity contribution in [2.24, 2.45) is 0 Å². The highest BCUT2D eigenvalue weighted by atomic mass is 32.1. The van der Waals surface area contributed by atoms with Crippen molar-refractivity contribution in [2.75, 3.05) is 0 Å². The van der Waals surface area contributed by atoms with E-state index in [-0.39, 0.29) is 0 Å². The lowest BCUT2D eigenvalue weighted by Crippen LogP contribution is -1.90. The van der Waals surface area contributed by atoms with Crippen LogP contribution in [0, 0.1) is 0 Å². The monoisotopic (exact) mass is 1170 g/mol. The Bertz CT molecular complexity index is 4400. The van der Waals surface area contributed by atoms with Gasteiger partial charge < -0.3 is 9.97 Å². The number of aromatic nitrogens is 8. The second kappa shape index (κ2) is 18.7. The SMILES string of the molecule is c1csc(-c2ccc(-c3cccs3)c3c2-c2nc-3nc3[nH]c(nc4nc(nc5[nH]c(n2)c2c(-c6cccs6)ccc(-c6cccs6)c52)-c2c(-c5cccs5)ccc(-c5cccs5)c2-4)c2c(-c4cccs4)ccc(-c4cccs4)c32)c1. The van der Waals surface area contributed by atoms with Gasteiger partial charge in [-0.3, -0.25) is 0 Å². The van der Waals surface area contributed by atoms with Crippen molar-refractivity contribution in [3.63, 3.8) is 0 Å². The van der Waals surface area contributed by atoms with Crippen molar-refractivity contribution in [3.05, 3.63) is 189 Å². The minimum atomic E-state index is 0.555. The molecule has 4 aromatic carbocycles. The highest BCUT2D eigenvalue weighted by Crippen LogP contribution is 2.52. The Morgan fingerprint density at radius 1 is 0.212 bits per heavy atom. The Kier molecular flexibility index (Phi) is 10.9. The molecule has 17 rings (SSSR count). The molecule has 2 aliphatic rings. The van der Waals surface area contributed by atoms with Crippen LogP contribution in [-0.4, -0.2) is 39.9 Å². The van der Waals surface area contributed by atoms with E-state index in [0.29, 0.717) is 45.9 Å². The molecule has 0 fully saturated rings. The molecule has 16 heteroatoms. The molecule has 13 heterocycles. The number of fused-ring (bicyclic) bond motifs is 20. The molecular formula is C64H34N8S8. The first-order valence-electron chi connectivity index (χ1n) is 25.5. The van der Waals surface area contributed by atoms with Gasteiger partial charge in [-0.1, -0.05) is 97.1 Å². The fraction of sp³-hybridized carbons (Fsp3) is 0. The van der Waals surface area contributed by atoms with E-state index in [1.54, 1.807) is 90.7 Å². The van der Waals surface area contributed by atoms with Crippen LogP contribution in [0.4, 0.5) is 0 Å². The Balaban J connectivity index is 1.13. The number of aromatic amines is 2. The minimum absolute atomic E-state index is 0.555. The molecule has 0 amide bonds. The van der Waals surface area contributed by atoms with Crippen LogP contribution in [0.5, 0.6) is 0 Å². The summed E-state index contributed by atoms with van der Waals surface area (Å²) in [5, 5.41) is 20.9. The van der Waals surface area contributed by atoms with Crippen molar-refractivity contribution in [1.82, 2.24) is 39.9 Å². The normalized spacial score (nSPS) is 12.0. The van der Waals surface area contributed by atoms with Crippen LogP contribution in [0.1, 0.15) is 0 Å². The predicted octanol–water partition coefficient (Wildman–Crippen LogP) is 20.7. The number of nitrogens with zero attached hydrogens (tertiary/aromatic N) is 6. The Morgan fingerprint density at radius 2 is 0.400 bits per heavy atom. The zero-order valence-electron chi connectivity index (χ0n) is 41.4. The second-order valence-electron chi connectivity index (χ2n) is 19.1. The summed E-state index contributed by atoms with van der Waals surface area (Å²) in [7, 11) is 0. The average Bonchev–Trinajstić information content (AvgIpc) is 4.37. The van der Waals surface area contributed by atoms with Gasteiger partial charge in [0.1, 0.15) is 22.6 Å². The zero-order valence-corrected chi connectivity index (χ0v) is 48.0. The first-order valence-corrected chi connectivity index (χ1v) is 32.5. The number of hydrogen-bond donors (Lipinski definition) is 2. The van der Waals surface area contributed by atoms with E-state index in [1.165, 1.54) is 0 Å². The van der Waals surface area contributed by atoms with Gasteiger partial charge in [0.2, 0.25) is 0 Å². The molecule has 2 aliphatic heterocycles. The van der Waals surface area contributed by atoms with Crippen LogP contribution in [0.15, 0.2) is 189 Å². The third-order valence-corrected chi connectivity index (χ3v) is 21.9. The van der Waals surface area contributed by atoms with E-state index in [2.05, 4.69) is 199 Å². The van der Waals surface area contributed by atoms with Gasteiger partial charge in [0.05, 0.1) is 0 Å². The maximum absolute atomic E-state index is 5.84. The predicted molar refractivity (Wildman–Crippen MR) is 343 cm³/mol. The van der Waals surface area contributed by atoms with Crippen molar-refractivity contribution in [3.8, 4) is 129 Å². The number of thiophene rings is 8. The molecule has 2 N–H and O–H groups in total. The first kappa shape index (κ1) is 46.7. The van der Waals surface area contributed by atoms with Gasteiger partial charge in [-0.2, -0.15) is 0 Å². The van der Waals surface area contributed by atoms with Crippen molar-refractivity contribution in [1.29, 1.82) is 0 Å². The molecule has 0 spiro atoms. The summed E-state index contributed by atoms with van der Waals surface area (Å²) in [5.41, 5.74) is 14.6. The molecule has 0 unspecified atom stereocenters. The molecule has 8 nitrogen and oxygen atoms in total. The standard InChI is InChI=1S/C64H34N8S8/c1-9-41(73-25-1)33-17-18-34(42-10-2-26-74-42)50-49(33)57-65-58(50)70-60-53-37(45-13-5-29-77-45)21-22-38(46-14-6-30-78-46)54(53)62(67-60)72-64-56-40(48-16-8-32-80-48)24-23-39(47-15-7-31-79-47)55(56)63(68-64)71-61-52-36(44-12-4-28-76-44)20-19-35(43-11-3-27-75-43)51(52)59(66-61)69-57/h1-32H,(H2,65,66,67,68,69,70,71,72). The van der Waals surface area contributed by atoms with Crippen LogP contribution in [0.3, 0.4) is 0 Å². The lowest BCUT2D eigenvalue weighted by Gasteiger charge is -2.11. The largest absolute Gasteiger partial charge is 0.324 e. The molecule has 0 aliphatic carbocycles. The minimum Gasteiger partial charge on any atom is -0.324 e. The lowest BCUT2D eigenvalue weighted by molar-refractivity contribution is 1.19. The van der Waals surface area contributed by atoms with E-state index >= 15 is 0 Å². The quantitative estimate of drug-likeness (QED) is 0.157. The number of H-pyrrole nitrogens is 2. The third-order valence-electron chi connectivity index (χ3n) is 14.7. The van der Waals surface area contributed by atoms with Crippen LogP contribution in [-0.2, 0) is 0 Å². The Hall–Kier alpha value is -8.16. The summed E-state index contributed by atoms with van der Waals surface area (Å²) < 4.78 is 0. The van der Waals surface area contributed by atoms with E-state index < -0.39 is 0 Å². The number of rotatable bonds is 8. The third kappa shape index (κ3) is 7.38. The van der Waals surface area contributed by atoms with Gasteiger partial charge in [0.15, 0.2) is 23.3 Å². The summed E-state index contributed by atoms with van der Waals surface area (Å²) in [6.07, 6.45) is 0. The lowest BCUT2D eigenvalue weighted by atomic mass is 9.94. The van der Waals surface area contributed by atoms with Gasteiger partial charge in [-0.05, 0) is 91.6 Å². The van der Waals surface area contributed by atoms with Crippen molar-refractivity contribution >= 4 is 135 Å². The van der Waals surface area contributed by atoms with Crippen LogP contribution < -0.4 is 0 Å². The highest BCUT2D eigenvalue weighted by Gasteiger charge is 2.32. The van der Waals surface area contributed by atoms with Gasteiger partial charge >= 0.3 is 0 Å². The fourth-order valence-corrected chi connectivity index (χ4v) is 17.5. The van der Waals surface area contributed by atoms with Crippen LogP contribution in [0.2, 0.25) is 0 Å². The molecule has 0 atom stereocenters. The summed E-state index contributed by atoms with van der Waals surface area (Å²) in [5.74, 6) is 2.22. The Labute approximate surface area is 488 Å². The average molecular weight is 1170 g/mol. The summed E-state index contributed by atoms with van der Waals surface area (Å²) >= 11 is 13.7. The van der Waals surface area contributed by atoms with Gasteiger partial charge in [-0.15, -0.1) is 90.7 Å². The molecule has 8 bridgehead atoms. The number of hydrogen-bond acceptors (Lipinski definition) is 14. The smallest absolute Gasteiger partial charge is 0.165 e. The van der Waals surface area contributed by atoms with E-state index in [1.807, 2.05) is 0 Å². The van der Waals surface area contributed by atoms with Gasteiger partial charge in [-0.25, -0.2) is 29.9 Å². The highest BCUT2D eigenvalue weighted by molar-refractivity contribution is 7.16. The maximum atomic E-state index is 5.84. The molecule has 80 heavy (non-hydrogen) atoms.